The van der Waals surface area contributed by atoms with E-state index >= 15 is 0 Å². The van der Waals surface area contributed by atoms with Crippen molar-refractivity contribution in [3.8, 4) is 0 Å². The number of hydrogen-bond donors (Lipinski definition) is 1. The average molecular weight is 291 g/mol. The van der Waals surface area contributed by atoms with Crippen LogP contribution < -0.4 is 10.2 Å². The minimum absolute atomic E-state index is 0.765. The van der Waals surface area contributed by atoms with E-state index in [0.29, 0.717) is 0 Å². The zero-order valence-electron chi connectivity index (χ0n) is 11.9. The number of pyridine rings is 1. The van der Waals surface area contributed by atoms with E-state index in [9.17, 15) is 0 Å². The van der Waals surface area contributed by atoms with Crippen molar-refractivity contribution in [2.45, 2.75) is 0 Å². The monoisotopic (exact) mass is 290 g/mol. The first-order chi connectivity index (χ1) is 9.70. The third kappa shape index (κ3) is 2.30. The number of piperazine rings is 1. The van der Waals surface area contributed by atoms with Gasteiger partial charge in [0.15, 0.2) is 0 Å². The minimum atomic E-state index is 0.765. The van der Waals surface area contributed by atoms with Gasteiger partial charge in [0.05, 0.1) is 16.9 Å². The summed E-state index contributed by atoms with van der Waals surface area (Å²) in [5.41, 5.74) is 1.01. The first kappa shape index (κ1) is 13.5. The van der Waals surface area contributed by atoms with Crippen LogP contribution in [0.3, 0.4) is 0 Å². The predicted octanol–water partition coefficient (Wildman–Crippen LogP) is 2.68. The number of halogens is 1. The molecule has 0 radical (unpaired) electrons. The molecule has 2 aromatic rings. The van der Waals surface area contributed by atoms with Crippen molar-refractivity contribution in [1.29, 1.82) is 0 Å². The number of nitrogens with zero attached hydrogens (tertiary/aromatic N) is 3. The molecule has 5 heteroatoms. The van der Waals surface area contributed by atoms with Gasteiger partial charge in [-0.2, -0.15) is 0 Å². The normalized spacial score (nSPS) is 16.6. The predicted molar refractivity (Wildman–Crippen MR) is 86.0 cm³/mol. The van der Waals surface area contributed by atoms with Crippen LogP contribution in [-0.4, -0.2) is 50.2 Å². The third-order valence-corrected chi connectivity index (χ3v) is 4.23. The van der Waals surface area contributed by atoms with Crippen LogP contribution in [-0.2, 0) is 0 Å². The first-order valence-electron chi connectivity index (χ1n) is 6.89. The summed E-state index contributed by atoms with van der Waals surface area (Å²) in [5.74, 6) is 0.998. The van der Waals surface area contributed by atoms with Crippen molar-refractivity contribution >= 4 is 33.9 Å². The molecule has 1 fully saturated rings. The Hall–Kier alpha value is -1.52. The highest BCUT2D eigenvalue weighted by molar-refractivity contribution is 6.37. The van der Waals surface area contributed by atoms with Crippen molar-refractivity contribution in [1.82, 2.24) is 9.88 Å². The summed E-state index contributed by atoms with van der Waals surface area (Å²) >= 11 is 6.43. The Morgan fingerprint density at radius 1 is 1.20 bits per heavy atom. The van der Waals surface area contributed by atoms with Gasteiger partial charge in [0, 0.05) is 44.0 Å². The van der Waals surface area contributed by atoms with Gasteiger partial charge in [0.1, 0.15) is 5.82 Å². The van der Waals surface area contributed by atoms with Crippen LogP contribution in [0.1, 0.15) is 0 Å². The molecule has 106 valence electrons. The van der Waals surface area contributed by atoms with E-state index in [1.165, 1.54) is 0 Å². The molecular formula is C15H19ClN4. The maximum atomic E-state index is 6.43. The molecule has 1 saturated heterocycles. The maximum Gasteiger partial charge on any atom is 0.138 e. The summed E-state index contributed by atoms with van der Waals surface area (Å²) < 4.78 is 0. The molecule has 0 spiro atoms. The van der Waals surface area contributed by atoms with Crippen LogP contribution in [0.15, 0.2) is 24.4 Å². The lowest BCUT2D eigenvalue weighted by atomic mass is 10.1. The molecule has 0 atom stereocenters. The van der Waals surface area contributed by atoms with Gasteiger partial charge in [-0.15, -0.1) is 0 Å². The van der Waals surface area contributed by atoms with E-state index in [1.807, 2.05) is 25.4 Å². The first-order valence-corrected chi connectivity index (χ1v) is 7.27. The Bertz CT molecular complexity index is 621. The number of benzene rings is 1. The van der Waals surface area contributed by atoms with Gasteiger partial charge in [-0.3, -0.25) is 0 Å². The Morgan fingerprint density at radius 2 is 1.95 bits per heavy atom. The van der Waals surface area contributed by atoms with E-state index in [2.05, 4.69) is 33.2 Å². The second kappa shape index (κ2) is 5.46. The molecule has 20 heavy (non-hydrogen) atoms. The molecule has 1 aromatic carbocycles. The molecular weight excluding hydrogens is 272 g/mol. The topological polar surface area (TPSA) is 31.4 Å². The molecule has 0 unspecified atom stereocenters. The molecule has 0 aliphatic carbocycles. The van der Waals surface area contributed by atoms with E-state index in [4.69, 9.17) is 11.6 Å². The second-order valence-electron chi connectivity index (χ2n) is 5.20. The number of hydrogen-bond acceptors (Lipinski definition) is 4. The van der Waals surface area contributed by atoms with Crippen LogP contribution >= 0.6 is 11.6 Å². The van der Waals surface area contributed by atoms with Crippen molar-refractivity contribution in [2.75, 3.05) is 50.5 Å². The van der Waals surface area contributed by atoms with Crippen LogP contribution in [0.5, 0.6) is 0 Å². The zero-order chi connectivity index (χ0) is 14.1. The highest BCUT2D eigenvalue weighted by Gasteiger charge is 2.19. The van der Waals surface area contributed by atoms with Gasteiger partial charge in [-0.05, 0) is 13.1 Å². The standard InChI is InChI=1S/C15H19ClN4/c1-17-13-10-18-15(20-8-6-19(2)7-9-20)14-11(13)4-3-5-12(14)16/h3-5,10,17H,6-9H2,1-2H3. The Labute approximate surface area is 124 Å². The van der Waals surface area contributed by atoms with Gasteiger partial charge >= 0.3 is 0 Å². The second-order valence-corrected chi connectivity index (χ2v) is 5.61. The lowest BCUT2D eigenvalue weighted by Gasteiger charge is -2.34. The lowest BCUT2D eigenvalue weighted by molar-refractivity contribution is 0.312. The number of aromatic nitrogens is 1. The average Bonchev–Trinajstić information content (AvgIpc) is 2.47. The Balaban J connectivity index is 2.12. The number of nitrogens with one attached hydrogen (secondary N) is 1. The number of fused-ring (bicyclic) bond motifs is 1. The summed E-state index contributed by atoms with van der Waals surface area (Å²) in [7, 11) is 4.06. The Morgan fingerprint density at radius 3 is 2.65 bits per heavy atom. The largest absolute Gasteiger partial charge is 0.386 e. The van der Waals surface area contributed by atoms with Gasteiger partial charge in [-0.1, -0.05) is 23.7 Å². The van der Waals surface area contributed by atoms with E-state index in [0.717, 1.165) is 53.5 Å². The summed E-state index contributed by atoms with van der Waals surface area (Å²) in [6, 6.07) is 6.01. The molecule has 0 amide bonds. The molecule has 3 rings (SSSR count). The molecule has 4 nitrogen and oxygen atoms in total. The molecule has 2 heterocycles. The quantitative estimate of drug-likeness (QED) is 0.921. The van der Waals surface area contributed by atoms with E-state index in [1.54, 1.807) is 0 Å². The number of likely N-dealkylation sites (N-methyl/N-ethyl adjacent to an activating group) is 1. The van der Waals surface area contributed by atoms with E-state index in [-0.39, 0.29) is 0 Å². The number of rotatable bonds is 2. The fraction of sp³-hybridized carbons (Fsp3) is 0.400. The maximum absolute atomic E-state index is 6.43. The molecule has 1 aliphatic rings. The van der Waals surface area contributed by atoms with Crippen molar-refractivity contribution < 1.29 is 0 Å². The smallest absolute Gasteiger partial charge is 0.138 e. The van der Waals surface area contributed by atoms with Crippen molar-refractivity contribution in [3.63, 3.8) is 0 Å². The van der Waals surface area contributed by atoms with Gasteiger partial charge in [0.2, 0.25) is 0 Å². The van der Waals surface area contributed by atoms with Crippen LogP contribution in [0.25, 0.3) is 10.8 Å². The minimum Gasteiger partial charge on any atom is -0.386 e. The lowest BCUT2D eigenvalue weighted by Crippen LogP contribution is -2.44. The molecule has 1 aromatic heterocycles. The summed E-state index contributed by atoms with van der Waals surface area (Å²) in [5, 5.41) is 6.13. The SMILES string of the molecule is CNc1cnc(N2CCN(C)CC2)c2c(Cl)cccc12. The fourth-order valence-corrected chi connectivity index (χ4v) is 2.95. The summed E-state index contributed by atoms with van der Waals surface area (Å²) in [6.07, 6.45) is 1.90. The van der Waals surface area contributed by atoms with Gasteiger partial charge < -0.3 is 15.1 Å². The summed E-state index contributed by atoms with van der Waals surface area (Å²) in [4.78, 5) is 9.31. The van der Waals surface area contributed by atoms with Crippen molar-refractivity contribution in [2.24, 2.45) is 0 Å². The highest BCUT2D eigenvalue weighted by atomic mass is 35.5. The van der Waals surface area contributed by atoms with E-state index < -0.39 is 0 Å². The van der Waals surface area contributed by atoms with Crippen molar-refractivity contribution in [3.05, 3.63) is 29.4 Å². The van der Waals surface area contributed by atoms with Crippen LogP contribution in [0, 0.1) is 0 Å². The molecule has 1 aliphatic heterocycles. The molecule has 0 bridgehead atoms. The fourth-order valence-electron chi connectivity index (χ4n) is 2.69. The van der Waals surface area contributed by atoms with Crippen LogP contribution in [0.4, 0.5) is 11.5 Å². The van der Waals surface area contributed by atoms with Gasteiger partial charge in [-0.25, -0.2) is 4.98 Å². The van der Waals surface area contributed by atoms with Crippen LogP contribution in [0.2, 0.25) is 5.02 Å². The zero-order valence-corrected chi connectivity index (χ0v) is 12.6. The molecule has 0 saturated carbocycles. The Kier molecular flexibility index (Phi) is 3.68. The molecule has 1 N–H and O–H groups in total. The highest BCUT2D eigenvalue weighted by Crippen LogP contribution is 2.35. The summed E-state index contributed by atoms with van der Waals surface area (Å²) in [6.45, 7) is 4.09. The van der Waals surface area contributed by atoms with Gasteiger partial charge in [0.25, 0.3) is 0 Å². The number of anilines is 2. The third-order valence-electron chi connectivity index (χ3n) is 3.92.